The maximum atomic E-state index is 11.5. The average Bonchev–Trinajstić information content (AvgIpc) is 2.37. The van der Waals surface area contributed by atoms with Gasteiger partial charge in [0.1, 0.15) is 6.61 Å². The molecular weight excluding hydrogens is 282 g/mol. The molecule has 2 atom stereocenters. The van der Waals surface area contributed by atoms with Crippen LogP contribution in [0.1, 0.15) is 39.0 Å². The number of amides is 1. The van der Waals surface area contributed by atoms with Gasteiger partial charge >= 0.3 is 0 Å². The van der Waals surface area contributed by atoms with Crippen molar-refractivity contribution in [2.75, 3.05) is 25.1 Å². The minimum absolute atomic E-state index is 0.0253. The molecule has 1 rings (SSSR count). The smallest absolute Gasteiger partial charge is 0.246 e. The zero-order valence-electron chi connectivity index (χ0n) is 10.7. The van der Waals surface area contributed by atoms with Crippen LogP contribution in [0.3, 0.4) is 0 Å². The summed E-state index contributed by atoms with van der Waals surface area (Å²) < 4.78 is 5.22. The summed E-state index contributed by atoms with van der Waals surface area (Å²) in [5, 5.41) is 4.05. The number of hydrogen-bond acceptors (Lipinski definition) is 2. The Labute approximate surface area is 113 Å². The lowest BCUT2D eigenvalue weighted by atomic mass is 9.80. The lowest BCUT2D eigenvalue weighted by Gasteiger charge is -2.30. The van der Waals surface area contributed by atoms with Crippen LogP contribution in [0.2, 0.25) is 0 Å². The molecule has 4 heteroatoms. The molecule has 17 heavy (non-hydrogen) atoms. The van der Waals surface area contributed by atoms with Gasteiger partial charge < -0.3 is 10.1 Å². The fraction of sp³-hybridized carbons (Fsp3) is 0.923. The van der Waals surface area contributed by atoms with E-state index in [-0.39, 0.29) is 12.5 Å². The number of carbonyl (C=O) groups excluding carboxylic acids is 1. The van der Waals surface area contributed by atoms with Crippen LogP contribution in [-0.4, -0.2) is 31.0 Å². The van der Waals surface area contributed by atoms with Gasteiger partial charge in [0.25, 0.3) is 0 Å². The second kappa shape index (κ2) is 8.92. The van der Waals surface area contributed by atoms with Crippen LogP contribution < -0.4 is 5.32 Å². The third-order valence-corrected chi connectivity index (χ3v) is 4.24. The van der Waals surface area contributed by atoms with Crippen molar-refractivity contribution in [3.05, 3.63) is 0 Å². The van der Waals surface area contributed by atoms with Crippen LogP contribution >= 0.6 is 15.9 Å². The van der Waals surface area contributed by atoms with Crippen molar-refractivity contribution in [2.45, 2.75) is 39.0 Å². The van der Waals surface area contributed by atoms with Crippen LogP contribution in [0.4, 0.5) is 0 Å². The van der Waals surface area contributed by atoms with Crippen molar-refractivity contribution in [3.8, 4) is 0 Å². The van der Waals surface area contributed by atoms with E-state index >= 15 is 0 Å². The highest BCUT2D eigenvalue weighted by Gasteiger charge is 2.24. The Kier molecular flexibility index (Phi) is 7.86. The monoisotopic (exact) mass is 305 g/mol. The number of rotatable bonds is 7. The van der Waals surface area contributed by atoms with Crippen LogP contribution in [0, 0.1) is 11.8 Å². The highest BCUT2D eigenvalue weighted by atomic mass is 79.9. The molecule has 1 aliphatic carbocycles. The average molecular weight is 306 g/mol. The third kappa shape index (κ3) is 5.87. The zero-order valence-corrected chi connectivity index (χ0v) is 12.3. The zero-order chi connectivity index (χ0) is 12.5. The summed E-state index contributed by atoms with van der Waals surface area (Å²) in [5.41, 5.74) is 0. The number of alkyl halides is 1. The number of hydrogen-bond donors (Lipinski definition) is 1. The van der Waals surface area contributed by atoms with Gasteiger partial charge in [-0.1, -0.05) is 35.7 Å². The van der Waals surface area contributed by atoms with Gasteiger partial charge in [0, 0.05) is 18.5 Å². The van der Waals surface area contributed by atoms with E-state index in [4.69, 9.17) is 4.74 Å². The molecule has 100 valence electrons. The van der Waals surface area contributed by atoms with E-state index < -0.39 is 0 Å². The summed E-state index contributed by atoms with van der Waals surface area (Å²) in [5.74, 6) is 1.39. The molecule has 0 bridgehead atoms. The summed E-state index contributed by atoms with van der Waals surface area (Å²) in [6.07, 6.45) is 6.13. The summed E-state index contributed by atoms with van der Waals surface area (Å²) >= 11 is 3.57. The van der Waals surface area contributed by atoms with Gasteiger partial charge in [-0.3, -0.25) is 4.79 Å². The molecule has 0 radical (unpaired) electrons. The molecule has 1 saturated carbocycles. The molecule has 1 aliphatic rings. The van der Waals surface area contributed by atoms with Crippen molar-refractivity contribution in [1.29, 1.82) is 0 Å². The maximum Gasteiger partial charge on any atom is 0.246 e. The Hall–Kier alpha value is -0.0900. The van der Waals surface area contributed by atoms with E-state index in [1.54, 1.807) is 0 Å². The summed E-state index contributed by atoms with van der Waals surface area (Å²) in [7, 11) is 0. The minimum atomic E-state index is 0.0253. The van der Waals surface area contributed by atoms with E-state index in [1.807, 2.05) is 6.92 Å². The molecule has 0 aromatic heterocycles. The topological polar surface area (TPSA) is 38.3 Å². The van der Waals surface area contributed by atoms with Crippen molar-refractivity contribution in [3.63, 3.8) is 0 Å². The molecule has 0 saturated heterocycles. The van der Waals surface area contributed by atoms with Crippen LogP contribution in [0.25, 0.3) is 0 Å². The molecular formula is C13H24BrNO2. The molecule has 0 spiro atoms. The molecule has 0 aromatic rings. The van der Waals surface area contributed by atoms with E-state index in [9.17, 15) is 4.79 Å². The second-order valence-corrected chi connectivity index (χ2v) is 5.46. The van der Waals surface area contributed by atoms with E-state index in [2.05, 4.69) is 21.2 Å². The standard InChI is InChI=1S/C13H24BrNO2/c1-2-7-17-10-13(16)15-9-12-6-4-3-5-11(12)8-14/h11-12H,2-10H2,1H3,(H,15,16). The molecule has 1 amide bonds. The Balaban J connectivity index is 2.17. The van der Waals surface area contributed by atoms with Crippen molar-refractivity contribution in [1.82, 2.24) is 5.32 Å². The number of nitrogens with one attached hydrogen (secondary N) is 1. The largest absolute Gasteiger partial charge is 0.372 e. The Morgan fingerprint density at radius 3 is 2.71 bits per heavy atom. The van der Waals surface area contributed by atoms with Gasteiger partial charge in [0.05, 0.1) is 0 Å². The van der Waals surface area contributed by atoms with E-state index in [0.29, 0.717) is 12.5 Å². The van der Waals surface area contributed by atoms with E-state index in [1.165, 1.54) is 25.7 Å². The SMILES string of the molecule is CCCOCC(=O)NCC1CCCCC1CBr. The highest BCUT2D eigenvalue weighted by molar-refractivity contribution is 9.09. The first-order valence-electron chi connectivity index (χ1n) is 6.68. The maximum absolute atomic E-state index is 11.5. The molecule has 0 heterocycles. The molecule has 3 nitrogen and oxygen atoms in total. The van der Waals surface area contributed by atoms with Crippen molar-refractivity contribution >= 4 is 21.8 Å². The minimum Gasteiger partial charge on any atom is -0.372 e. The van der Waals surface area contributed by atoms with Crippen LogP contribution in [-0.2, 0) is 9.53 Å². The van der Waals surface area contributed by atoms with Gasteiger partial charge in [-0.2, -0.15) is 0 Å². The van der Waals surface area contributed by atoms with Crippen molar-refractivity contribution < 1.29 is 9.53 Å². The summed E-state index contributed by atoms with van der Waals surface area (Å²) in [6, 6.07) is 0. The first-order valence-corrected chi connectivity index (χ1v) is 7.80. The summed E-state index contributed by atoms with van der Waals surface area (Å²) in [6.45, 7) is 3.73. The fourth-order valence-corrected chi connectivity index (χ4v) is 3.21. The van der Waals surface area contributed by atoms with Crippen LogP contribution in [0.5, 0.6) is 0 Å². The Morgan fingerprint density at radius 1 is 1.35 bits per heavy atom. The first kappa shape index (κ1) is 15.0. The molecule has 0 aromatic carbocycles. The summed E-state index contributed by atoms with van der Waals surface area (Å²) in [4.78, 5) is 11.5. The quantitative estimate of drug-likeness (QED) is 0.580. The molecule has 1 N–H and O–H groups in total. The van der Waals surface area contributed by atoms with Gasteiger partial charge in [-0.05, 0) is 31.1 Å². The number of halogens is 1. The molecule has 1 fully saturated rings. The first-order chi connectivity index (χ1) is 8.27. The number of carbonyl (C=O) groups is 1. The highest BCUT2D eigenvalue weighted by Crippen LogP contribution is 2.30. The Bertz CT molecular complexity index is 223. The fourth-order valence-electron chi connectivity index (χ4n) is 2.36. The number of ether oxygens (including phenoxy) is 1. The Morgan fingerprint density at radius 2 is 2.06 bits per heavy atom. The van der Waals surface area contributed by atoms with Gasteiger partial charge in [-0.25, -0.2) is 0 Å². The van der Waals surface area contributed by atoms with Crippen LogP contribution in [0.15, 0.2) is 0 Å². The molecule has 0 aliphatic heterocycles. The van der Waals surface area contributed by atoms with Crippen molar-refractivity contribution in [2.24, 2.45) is 11.8 Å². The second-order valence-electron chi connectivity index (χ2n) is 4.82. The van der Waals surface area contributed by atoms with Gasteiger partial charge in [0.2, 0.25) is 5.91 Å². The third-order valence-electron chi connectivity index (χ3n) is 3.41. The lowest BCUT2D eigenvalue weighted by molar-refractivity contribution is -0.126. The van der Waals surface area contributed by atoms with Gasteiger partial charge in [0.15, 0.2) is 0 Å². The predicted molar refractivity (Wildman–Crippen MR) is 73.4 cm³/mol. The molecule has 2 unspecified atom stereocenters. The normalized spacial score (nSPS) is 24.6. The van der Waals surface area contributed by atoms with E-state index in [0.717, 1.165) is 24.2 Å². The van der Waals surface area contributed by atoms with Gasteiger partial charge in [-0.15, -0.1) is 0 Å². The predicted octanol–water partition coefficient (Wildman–Crippen LogP) is 2.73. The lowest BCUT2D eigenvalue weighted by Crippen LogP contribution is -2.36.